The van der Waals surface area contributed by atoms with Crippen molar-refractivity contribution in [3.8, 4) is 0 Å². The molecule has 0 bridgehead atoms. The van der Waals surface area contributed by atoms with E-state index in [2.05, 4.69) is 0 Å². The van der Waals surface area contributed by atoms with Crippen molar-refractivity contribution in [1.82, 2.24) is 0 Å². The number of benzene rings is 2. The Hall–Kier alpha value is -1.94. The highest BCUT2D eigenvalue weighted by Crippen LogP contribution is 2.19. The Morgan fingerprint density at radius 1 is 1.00 bits per heavy atom. The molecule has 0 aliphatic carbocycles. The fraction of sp³-hybridized carbons (Fsp3) is 0.200. The Bertz CT molecular complexity index is 572. The molecule has 2 nitrogen and oxygen atoms in total. The number of hydrogen-bond acceptors (Lipinski definition) is 2. The quantitative estimate of drug-likeness (QED) is 0.916. The van der Waals surface area contributed by atoms with Crippen LogP contribution in [-0.2, 0) is 13.2 Å². The van der Waals surface area contributed by atoms with Gasteiger partial charge in [-0.05, 0) is 41.5 Å². The summed E-state index contributed by atoms with van der Waals surface area (Å²) in [6, 6.07) is 10.7. The van der Waals surface area contributed by atoms with Gasteiger partial charge in [0.05, 0.1) is 6.61 Å². The van der Waals surface area contributed by atoms with Crippen LogP contribution in [0.4, 0.5) is 14.5 Å². The smallest absolute Gasteiger partial charge is 0.125 e. The Labute approximate surface area is 110 Å². The number of rotatable bonds is 4. The summed E-state index contributed by atoms with van der Waals surface area (Å²) >= 11 is 0. The van der Waals surface area contributed by atoms with Crippen LogP contribution in [0.15, 0.2) is 42.5 Å². The molecule has 0 heterocycles. The molecule has 0 unspecified atom stereocenters. The molecular formula is C15H15F2NO. The van der Waals surface area contributed by atoms with Gasteiger partial charge in [0.25, 0.3) is 0 Å². The van der Waals surface area contributed by atoms with Gasteiger partial charge in [-0.25, -0.2) is 8.78 Å². The van der Waals surface area contributed by atoms with E-state index in [0.29, 0.717) is 17.8 Å². The monoisotopic (exact) mass is 263 g/mol. The van der Waals surface area contributed by atoms with Crippen LogP contribution in [0.2, 0.25) is 0 Å². The van der Waals surface area contributed by atoms with E-state index in [1.165, 1.54) is 24.3 Å². The summed E-state index contributed by atoms with van der Waals surface area (Å²) in [6.07, 6.45) is 0. The first-order valence-corrected chi connectivity index (χ1v) is 5.94. The Balaban J connectivity index is 2.20. The molecule has 0 amide bonds. The zero-order chi connectivity index (χ0) is 13.8. The van der Waals surface area contributed by atoms with Gasteiger partial charge in [-0.1, -0.05) is 12.1 Å². The van der Waals surface area contributed by atoms with E-state index in [1.54, 1.807) is 24.1 Å². The zero-order valence-corrected chi connectivity index (χ0v) is 10.6. The third-order valence-electron chi connectivity index (χ3n) is 2.87. The fourth-order valence-corrected chi connectivity index (χ4v) is 1.95. The maximum Gasteiger partial charge on any atom is 0.125 e. The first kappa shape index (κ1) is 13.5. The standard InChI is InChI=1S/C15H15F2NO/c1-18(9-11-3-2-4-13(16)5-11)15-7-12(10-19)6-14(17)8-15/h2-8,19H,9-10H2,1H3. The second-order valence-corrected chi connectivity index (χ2v) is 4.46. The molecule has 0 aliphatic heterocycles. The lowest BCUT2D eigenvalue weighted by atomic mass is 10.1. The Morgan fingerprint density at radius 2 is 1.74 bits per heavy atom. The molecule has 0 radical (unpaired) electrons. The van der Waals surface area contributed by atoms with Gasteiger partial charge in [0.1, 0.15) is 11.6 Å². The van der Waals surface area contributed by atoms with Crippen molar-refractivity contribution >= 4 is 5.69 Å². The number of nitrogens with zero attached hydrogens (tertiary/aromatic N) is 1. The molecule has 0 saturated heterocycles. The minimum atomic E-state index is -0.396. The van der Waals surface area contributed by atoms with E-state index >= 15 is 0 Å². The molecule has 2 aromatic carbocycles. The van der Waals surface area contributed by atoms with Crippen LogP contribution in [0.25, 0.3) is 0 Å². The van der Waals surface area contributed by atoms with Crippen LogP contribution in [-0.4, -0.2) is 12.2 Å². The number of aliphatic hydroxyl groups is 1. The summed E-state index contributed by atoms with van der Waals surface area (Å²) < 4.78 is 26.5. The van der Waals surface area contributed by atoms with Crippen molar-refractivity contribution in [2.24, 2.45) is 0 Å². The third kappa shape index (κ3) is 3.51. The topological polar surface area (TPSA) is 23.5 Å². The van der Waals surface area contributed by atoms with E-state index in [1.807, 2.05) is 6.07 Å². The average Bonchev–Trinajstić information content (AvgIpc) is 2.38. The minimum absolute atomic E-state index is 0.210. The van der Waals surface area contributed by atoms with Crippen LogP contribution >= 0.6 is 0 Å². The summed E-state index contributed by atoms with van der Waals surface area (Å²) in [5.41, 5.74) is 1.96. The molecule has 1 N–H and O–H groups in total. The summed E-state index contributed by atoms with van der Waals surface area (Å²) in [7, 11) is 1.79. The number of anilines is 1. The van der Waals surface area contributed by atoms with Crippen LogP contribution in [0.5, 0.6) is 0 Å². The minimum Gasteiger partial charge on any atom is -0.392 e. The molecule has 100 valence electrons. The van der Waals surface area contributed by atoms with Crippen molar-refractivity contribution < 1.29 is 13.9 Å². The van der Waals surface area contributed by atoms with E-state index < -0.39 is 5.82 Å². The normalized spacial score (nSPS) is 10.5. The molecule has 0 aromatic heterocycles. The molecule has 0 aliphatic rings. The van der Waals surface area contributed by atoms with Crippen LogP contribution in [0.1, 0.15) is 11.1 Å². The highest BCUT2D eigenvalue weighted by Gasteiger charge is 2.06. The highest BCUT2D eigenvalue weighted by molar-refractivity contribution is 5.48. The molecule has 0 saturated carbocycles. The Kier molecular flexibility index (Phi) is 4.12. The average molecular weight is 263 g/mol. The maximum atomic E-state index is 13.4. The van der Waals surface area contributed by atoms with Crippen molar-refractivity contribution in [3.05, 3.63) is 65.2 Å². The van der Waals surface area contributed by atoms with Gasteiger partial charge in [0.2, 0.25) is 0 Å². The van der Waals surface area contributed by atoms with E-state index in [4.69, 9.17) is 5.11 Å². The molecule has 4 heteroatoms. The molecule has 2 aromatic rings. The number of halogens is 2. The van der Waals surface area contributed by atoms with Gasteiger partial charge in [0.15, 0.2) is 0 Å². The van der Waals surface area contributed by atoms with Crippen molar-refractivity contribution in [2.45, 2.75) is 13.2 Å². The second-order valence-electron chi connectivity index (χ2n) is 4.46. The summed E-state index contributed by atoms with van der Waals surface area (Å²) in [5.74, 6) is -0.686. The summed E-state index contributed by atoms with van der Waals surface area (Å²) in [6.45, 7) is 0.255. The number of aliphatic hydroxyl groups excluding tert-OH is 1. The van der Waals surface area contributed by atoms with Crippen LogP contribution < -0.4 is 4.90 Å². The lowest BCUT2D eigenvalue weighted by Gasteiger charge is -2.20. The molecular weight excluding hydrogens is 248 g/mol. The molecule has 0 spiro atoms. The van der Waals surface area contributed by atoms with E-state index in [0.717, 1.165) is 5.56 Å². The zero-order valence-electron chi connectivity index (χ0n) is 10.6. The third-order valence-corrected chi connectivity index (χ3v) is 2.87. The number of hydrogen-bond donors (Lipinski definition) is 1. The van der Waals surface area contributed by atoms with Gasteiger partial charge in [-0.3, -0.25) is 0 Å². The molecule has 2 rings (SSSR count). The lowest BCUT2D eigenvalue weighted by molar-refractivity contribution is 0.281. The summed E-state index contributed by atoms with van der Waals surface area (Å²) in [4.78, 5) is 1.80. The van der Waals surface area contributed by atoms with Crippen molar-refractivity contribution in [1.29, 1.82) is 0 Å². The van der Waals surface area contributed by atoms with Crippen LogP contribution in [0, 0.1) is 11.6 Å². The molecule has 0 fully saturated rings. The molecule has 0 atom stereocenters. The first-order chi connectivity index (χ1) is 9.08. The highest BCUT2D eigenvalue weighted by atomic mass is 19.1. The van der Waals surface area contributed by atoms with E-state index in [-0.39, 0.29) is 12.4 Å². The van der Waals surface area contributed by atoms with Crippen LogP contribution in [0.3, 0.4) is 0 Å². The van der Waals surface area contributed by atoms with Gasteiger partial charge in [-0.2, -0.15) is 0 Å². The SMILES string of the molecule is CN(Cc1cccc(F)c1)c1cc(F)cc(CO)c1. The predicted octanol–water partition coefficient (Wildman–Crippen LogP) is 3.09. The summed E-state index contributed by atoms with van der Waals surface area (Å²) in [5, 5.41) is 9.06. The van der Waals surface area contributed by atoms with E-state index in [9.17, 15) is 8.78 Å². The Morgan fingerprint density at radius 3 is 2.42 bits per heavy atom. The first-order valence-electron chi connectivity index (χ1n) is 5.94. The molecule has 19 heavy (non-hydrogen) atoms. The van der Waals surface area contributed by atoms with Crippen molar-refractivity contribution in [2.75, 3.05) is 11.9 Å². The van der Waals surface area contributed by atoms with Gasteiger partial charge >= 0.3 is 0 Å². The maximum absolute atomic E-state index is 13.4. The van der Waals surface area contributed by atoms with Gasteiger partial charge < -0.3 is 10.0 Å². The second kappa shape index (κ2) is 5.80. The lowest BCUT2D eigenvalue weighted by Crippen LogP contribution is -2.16. The van der Waals surface area contributed by atoms with Gasteiger partial charge in [0, 0.05) is 19.3 Å². The largest absolute Gasteiger partial charge is 0.392 e. The predicted molar refractivity (Wildman–Crippen MR) is 70.8 cm³/mol. The van der Waals surface area contributed by atoms with Crippen molar-refractivity contribution in [3.63, 3.8) is 0 Å². The fourth-order valence-electron chi connectivity index (χ4n) is 1.95. The van der Waals surface area contributed by atoms with Gasteiger partial charge in [-0.15, -0.1) is 0 Å².